The third kappa shape index (κ3) is 3.36. The molecule has 0 aliphatic carbocycles. The molecule has 0 fully saturated rings. The Hall–Kier alpha value is -2.01. The van der Waals surface area contributed by atoms with Crippen molar-refractivity contribution in [3.05, 3.63) is 36.2 Å². The zero-order valence-corrected chi connectivity index (χ0v) is 12.8. The van der Waals surface area contributed by atoms with Gasteiger partial charge in [0.05, 0.1) is 11.1 Å². The molecule has 2 N–H and O–H groups in total. The first-order chi connectivity index (χ1) is 9.98. The minimum absolute atomic E-state index is 0.0230. The van der Waals surface area contributed by atoms with Crippen molar-refractivity contribution in [1.29, 1.82) is 0 Å². The van der Waals surface area contributed by atoms with Crippen molar-refractivity contribution in [2.45, 2.75) is 20.8 Å². The normalized spacial score (nSPS) is 11.6. The van der Waals surface area contributed by atoms with Crippen molar-refractivity contribution in [1.82, 2.24) is 14.9 Å². The van der Waals surface area contributed by atoms with Gasteiger partial charge >= 0.3 is 0 Å². The Balaban J connectivity index is 2.36. The first kappa shape index (κ1) is 15.4. The highest BCUT2D eigenvalue weighted by Gasteiger charge is 2.24. The van der Waals surface area contributed by atoms with Crippen LogP contribution in [-0.2, 0) is 0 Å². The second-order valence-corrected chi connectivity index (χ2v) is 5.92. The van der Waals surface area contributed by atoms with Gasteiger partial charge in [-0.2, -0.15) is 0 Å². The predicted octanol–water partition coefficient (Wildman–Crippen LogP) is 2.08. The molecule has 0 saturated carbocycles. The molecule has 0 radical (unpaired) electrons. The van der Waals surface area contributed by atoms with E-state index in [0.29, 0.717) is 30.7 Å². The molecule has 21 heavy (non-hydrogen) atoms. The SMILES string of the molecule is CCN(CC(C)(C)CN)C(=O)c1cccc2nccnc12. The molecular formula is C16H22N4O. The third-order valence-corrected chi connectivity index (χ3v) is 3.57. The Morgan fingerprint density at radius 2 is 2.00 bits per heavy atom. The molecule has 1 heterocycles. The van der Waals surface area contributed by atoms with Crippen LogP contribution in [0.4, 0.5) is 0 Å². The van der Waals surface area contributed by atoms with Crippen LogP contribution < -0.4 is 5.73 Å². The fourth-order valence-electron chi connectivity index (χ4n) is 2.24. The van der Waals surface area contributed by atoms with E-state index >= 15 is 0 Å². The number of aromatic nitrogens is 2. The summed E-state index contributed by atoms with van der Waals surface area (Å²) in [6.45, 7) is 7.89. The number of hydrogen-bond acceptors (Lipinski definition) is 4. The monoisotopic (exact) mass is 286 g/mol. The molecule has 1 amide bonds. The number of nitrogens with two attached hydrogens (primary N) is 1. The quantitative estimate of drug-likeness (QED) is 0.913. The highest BCUT2D eigenvalue weighted by molar-refractivity contribution is 6.04. The van der Waals surface area contributed by atoms with Crippen molar-refractivity contribution >= 4 is 16.9 Å². The molecule has 0 unspecified atom stereocenters. The molecule has 0 saturated heterocycles. The van der Waals surface area contributed by atoms with E-state index in [1.54, 1.807) is 18.5 Å². The Labute approximate surface area is 125 Å². The zero-order valence-electron chi connectivity index (χ0n) is 12.8. The Morgan fingerprint density at radius 1 is 1.29 bits per heavy atom. The maximum atomic E-state index is 12.8. The number of fused-ring (bicyclic) bond motifs is 1. The van der Waals surface area contributed by atoms with Crippen molar-refractivity contribution in [2.24, 2.45) is 11.1 Å². The van der Waals surface area contributed by atoms with Crippen LogP contribution in [0.2, 0.25) is 0 Å². The van der Waals surface area contributed by atoms with Gasteiger partial charge in [-0.1, -0.05) is 19.9 Å². The lowest BCUT2D eigenvalue weighted by Crippen LogP contribution is -2.42. The lowest BCUT2D eigenvalue weighted by Gasteiger charge is -2.31. The molecule has 5 heteroatoms. The van der Waals surface area contributed by atoms with Crippen molar-refractivity contribution < 1.29 is 4.79 Å². The molecule has 0 aliphatic heterocycles. The predicted molar refractivity (Wildman–Crippen MR) is 84.0 cm³/mol. The molecular weight excluding hydrogens is 264 g/mol. The fraction of sp³-hybridized carbons (Fsp3) is 0.438. The number of carbonyl (C=O) groups is 1. The summed E-state index contributed by atoms with van der Waals surface area (Å²) in [5, 5.41) is 0. The van der Waals surface area contributed by atoms with Crippen LogP contribution >= 0.6 is 0 Å². The van der Waals surface area contributed by atoms with Gasteiger partial charge in [0, 0.05) is 25.5 Å². The van der Waals surface area contributed by atoms with Gasteiger partial charge in [-0.3, -0.25) is 14.8 Å². The van der Waals surface area contributed by atoms with Crippen LogP contribution in [0.15, 0.2) is 30.6 Å². The maximum absolute atomic E-state index is 12.8. The fourth-order valence-corrected chi connectivity index (χ4v) is 2.24. The average Bonchev–Trinajstić information content (AvgIpc) is 2.51. The summed E-state index contributed by atoms with van der Waals surface area (Å²) in [5.74, 6) is -0.0230. The summed E-state index contributed by atoms with van der Waals surface area (Å²) in [7, 11) is 0. The number of benzene rings is 1. The molecule has 2 aromatic rings. The number of rotatable bonds is 5. The second kappa shape index (κ2) is 6.18. The maximum Gasteiger partial charge on any atom is 0.256 e. The molecule has 1 aromatic carbocycles. The smallest absolute Gasteiger partial charge is 0.256 e. The highest BCUT2D eigenvalue weighted by atomic mass is 16.2. The number of amides is 1. The van der Waals surface area contributed by atoms with E-state index in [1.807, 2.05) is 24.0 Å². The summed E-state index contributed by atoms with van der Waals surface area (Å²) in [5.41, 5.74) is 7.64. The minimum atomic E-state index is -0.109. The summed E-state index contributed by atoms with van der Waals surface area (Å²) in [6, 6.07) is 5.50. The lowest BCUT2D eigenvalue weighted by molar-refractivity contribution is 0.0702. The number of para-hydroxylation sites is 1. The van der Waals surface area contributed by atoms with Crippen LogP contribution in [0.5, 0.6) is 0 Å². The summed E-state index contributed by atoms with van der Waals surface area (Å²) in [4.78, 5) is 23.2. The van der Waals surface area contributed by atoms with Gasteiger partial charge in [0.1, 0.15) is 5.52 Å². The van der Waals surface area contributed by atoms with Crippen LogP contribution in [0, 0.1) is 5.41 Å². The van der Waals surface area contributed by atoms with Gasteiger partial charge in [0.2, 0.25) is 0 Å². The first-order valence-corrected chi connectivity index (χ1v) is 7.17. The molecule has 0 atom stereocenters. The van der Waals surface area contributed by atoms with Crippen LogP contribution in [0.25, 0.3) is 11.0 Å². The van der Waals surface area contributed by atoms with Gasteiger partial charge in [0.25, 0.3) is 5.91 Å². The van der Waals surface area contributed by atoms with E-state index in [2.05, 4.69) is 23.8 Å². The topological polar surface area (TPSA) is 72.1 Å². The minimum Gasteiger partial charge on any atom is -0.338 e. The van der Waals surface area contributed by atoms with Gasteiger partial charge in [0.15, 0.2) is 0 Å². The van der Waals surface area contributed by atoms with E-state index in [1.165, 1.54) is 0 Å². The Bertz CT molecular complexity index is 634. The van der Waals surface area contributed by atoms with Crippen LogP contribution in [0.1, 0.15) is 31.1 Å². The number of hydrogen-bond donors (Lipinski definition) is 1. The molecule has 0 bridgehead atoms. The summed E-state index contributed by atoms with van der Waals surface area (Å²) in [6.07, 6.45) is 3.24. The zero-order chi connectivity index (χ0) is 15.5. The molecule has 1 aromatic heterocycles. The van der Waals surface area contributed by atoms with Crippen LogP contribution in [0.3, 0.4) is 0 Å². The van der Waals surface area contributed by atoms with E-state index in [0.717, 1.165) is 5.52 Å². The third-order valence-electron chi connectivity index (χ3n) is 3.57. The van der Waals surface area contributed by atoms with Gasteiger partial charge in [-0.05, 0) is 31.0 Å². The van der Waals surface area contributed by atoms with Crippen LogP contribution in [-0.4, -0.2) is 40.4 Å². The Morgan fingerprint density at radius 3 is 2.67 bits per heavy atom. The molecule has 0 spiro atoms. The van der Waals surface area contributed by atoms with Crippen molar-refractivity contribution in [3.8, 4) is 0 Å². The lowest BCUT2D eigenvalue weighted by atomic mass is 9.92. The molecule has 0 aliphatic rings. The van der Waals surface area contributed by atoms with E-state index in [4.69, 9.17) is 5.73 Å². The standard InChI is InChI=1S/C16H22N4O/c1-4-20(11-16(2,3)10-17)15(21)12-6-5-7-13-14(12)19-9-8-18-13/h5-9H,4,10-11,17H2,1-3H3. The van der Waals surface area contributed by atoms with E-state index < -0.39 is 0 Å². The Kier molecular flexibility index (Phi) is 4.53. The molecule has 2 rings (SSSR count). The van der Waals surface area contributed by atoms with Crippen molar-refractivity contribution in [3.63, 3.8) is 0 Å². The average molecular weight is 286 g/mol. The summed E-state index contributed by atoms with van der Waals surface area (Å²) >= 11 is 0. The highest BCUT2D eigenvalue weighted by Crippen LogP contribution is 2.20. The van der Waals surface area contributed by atoms with Gasteiger partial charge in [-0.15, -0.1) is 0 Å². The van der Waals surface area contributed by atoms with Gasteiger partial charge in [-0.25, -0.2) is 0 Å². The number of nitrogens with zero attached hydrogens (tertiary/aromatic N) is 3. The largest absolute Gasteiger partial charge is 0.338 e. The van der Waals surface area contributed by atoms with Gasteiger partial charge < -0.3 is 10.6 Å². The van der Waals surface area contributed by atoms with E-state index in [9.17, 15) is 4.79 Å². The number of carbonyl (C=O) groups excluding carboxylic acids is 1. The molecule has 112 valence electrons. The second-order valence-electron chi connectivity index (χ2n) is 5.92. The summed E-state index contributed by atoms with van der Waals surface area (Å²) < 4.78 is 0. The first-order valence-electron chi connectivity index (χ1n) is 7.17. The van der Waals surface area contributed by atoms with E-state index in [-0.39, 0.29) is 11.3 Å². The molecule has 5 nitrogen and oxygen atoms in total. The van der Waals surface area contributed by atoms with Crippen molar-refractivity contribution in [2.75, 3.05) is 19.6 Å².